The normalized spacial score (nSPS) is 26.7. The zero-order valence-corrected chi connectivity index (χ0v) is 17.6. The van der Waals surface area contributed by atoms with Crippen LogP contribution in [0.5, 0.6) is 0 Å². The molecule has 8 heteroatoms. The van der Waals surface area contributed by atoms with E-state index in [-0.39, 0.29) is 18.2 Å². The molecule has 0 radical (unpaired) electrons. The van der Waals surface area contributed by atoms with E-state index >= 15 is 0 Å². The van der Waals surface area contributed by atoms with Gasteiger partial charge in [-0.2, -0.15) is 4.31 Å². The summed E-state index contributed by atoms with van der Waals surface area (Å²) in [5.74, 6) is 0. The molecule has 0 spiro atoms. The maximum absolute atomic E-state index is 13.0. The van der Waals surface area contributed by atoms with Gasteiger partial charge in [-0.3, -0.25) is 0 Å². The van der Waals surface area contributed by atoms with Gasteiger partial charge in [-0.05, 0) is 76.0 Å². The molecule has 3 rings (SSSR count). The number of hydrogen-bond donors (Lipinski definition) is 2. The molecule has 27 heavy (non-hydrogen) atoms. The molecule has 2 N–H and O–H groups in total. The van der Waals surface area contributed by atoms with E-state index in [1.54, 1.807) is 28.6 Å². The summed E-state index contributed by atoms with van der Waals surface area (Å²) in [6, 6.07) is 6.87. The van der Waals surface area contributed by atoms with Crippen molar-refractivity contribution in [1.82, 2.24) is 9.62 Å². The van der Waals surface area contributed by atoms with Crippen molar-refractivity contribution in [2.45, 2.75) is 69.0 Å². The second-order valence-electron chi connectivity index (χ2n) is 7.46. The maximum atomic E-state index is 13.0. The molecule has 2 fully saturated rings. The summed E-state index contributed by atoms with van der Waals surface area (Å²) in [5.41, 5.74) is 0.763. The van der Waals surface area contributed by atoms with Crippen molar-refractivity contribution in [2.75, 3.05) is 18.5 Å². The Kier molecular flexibility index (Phi) is 6.73. The van der Waals surface area contributed by atoms with Crippen molar-refractivity contribution < 1.29 is 13.2 Å². The Balaban J connectivity index is 1.61. The van der Waals surface area contributed by atoms with Gasteiger partial charge in [0.1, 0.15) is 0 Å². The zero-order chi connectivity index (χ0) is 19.4. The SMILES string of the molecule is C[C@@H]1CCC[C@H](C)N1S(=O)(=O)c1ccc(NC(=S)NC[C@@H]2CCCO2)cc1. The third-order valence-electron chi connectivity index (χ3n) is 5.31. The number of anilines is 1. The predicted molar refractivity (Wildman–Crippen MR) is 111 cm³/mol. The molecule has 1 aromatic carbocycles. The minimum atomic E-state index is -3.49. The van der Waals surface area contributed by atoms with E-state index in [1.807, 2.05) is 13.8 Å². The number of sulfonamides is 1. The van der Waals surface area contributed by atoms with Gasteiger partial charge in [0.15, 0.2) is 5.11 Å². The van der Waals surface area contributed by atoms with Gasteiger partial charge >= 0.3 is 0 Å². The van der Waals surface area contributed by atoms with Crippen LogP contribution >= 0.6 is 12.2 Å². The van der Waals surface area contributed by atoms with E-state index in [9.17, 15) is 8.42 Å². The second kappa shape index (κ2) is 8.86. The zero-order valence-electron chi connectivity index (χ0n) is 16.0. The van der Waals surface area contributed by atoms with Crippen molar-refractivity contribution in [3.8, 4) is 0 Å². The summed E-state index contributed by atoms with van der Waals surface area (Å²) in [6.07, 6.45) is 5.26. The highest BCUT2D eigenvalue weighted by Crippen LogP contribution is 2.29. The van der Waals surface area contributed by atoms with Crippen LogP contribution < -0.4 is 10.6 Å². The summed E-state index contributed by atoms with van der Waals surface area (Å²) in [7, 11) is -3.49. The van der Waals surface area contributed by atoms with Crippen LogP contribution in [0.4, 0.5) is 5.69 Å². The fourth-order valence-corrected chi connectivity index (χ4v) is 5.97. The smallest absolute Gasteiger partial charge is 0.243 e. The van der Waals surface area contributed by atoms with Crippen LogP contribution in [0, 0.1) is 0 Å². The molecule has 0 unspecified atom stereocenters. The van der Waals surface area contributed by atoms with Crippen LogP contribution in [0.2, 0.25) is 0 Å². The quantitative estimate of drug-likeness (QED) is 0.726. The summed E-state index contributed by atoms with van der Waals surface area (Å²) in [5, 5.41) is 6.76. The number of hydrogen-bond acceptors (Lipinski definition) is 4. The standard InChI is InChI=1S/C19H29N3O3S2/c1-14-5-3-6-15(2)22(14)27(23,24)18-10-8-16(9-11-18)21-19(26)20-13-17-7-4-12-25-17/h8-11,14-15,17H,3-7,12-13H2,1-2H3,(H2,20,21,26)/t14-,15+,17-/m0/s1. The Morgan fingerprint density at radius 3 is 2.41 bits per heavy atom. The van der Waals surface area contributed by atoms with Crippen LogP contribution in [-0.2, 0) is 14.8 Å². The van der Waals surface area contributed by atoms with Gasteiger partial charge in [-0.25, -0.2) is 8.42 Å². The van der Waals surface area contributed by atoms with E-state index in [1.165, 1.54) is 0 Å². The van der Waals surface area contributed by atoms with Crippen molar-refractivity contribution in [3.63, 3.8) is 0 Å². The first-order valence-electron chi connectivity index (χ1n) is 9.68. The van der Waals surface area contributed by atoms with E-state index in [2.05, 4.69) is 10.6 Å². The third-order valence-corrected chi connectivity index (χ3v) is 7.70. The van der Waals surface area contributed by atoms with Gasteiger partial charge < -0.3 is 15.4 Å². The lowest BCUT2D eigenvalue weighted by atomic mass is 10.0. The fraction of sp³-hybridized carbons (Fsp3) is 0.632. The highest BCUT2D eigenvalue weighted by molar-refractivity contribution is 7.89. The number of piperidine rings is 1. The number of ether oxygens (including phenoxy) is 1. The largest absolute Gasteiger partial charge is 0.376 e. The number of benzene rings is 1. The van der Waals surface area contributed by atoms with Crippen molar-refractivity contribution in [3.05, 3.63) is 24.3 Å². The highest BCUT2D eigenvalue weighted by Gasteiger charge is 2.35. The van der Waals surface area contributed by atoms with Gasteiger partial charge in [-0.15, -0.1) is 0 Å². The summed E-state index contributed by atoms with van der Waals surface area (Å²) >= 11 is 5.31. The summed E-state index contributed by atoms with van der Waals surface area (Å²) in [4.78, 5) is 0.326. The van der Waals surface area contributed by atoms with Gasteiger partial charge in [0.2, 0.25) is 10.0 Å². The second-order valence-corrected chi connectivity index (χ2v) is 9.71. The summed E-state index contributed by atoms with van der Waals surface area (Å²) in [6.45, 7) is 5.47. The van der Waals surface area contributed by atoms with E-state index in [0.717, 1.165) is 44.4 Å². The number of nitrogens with one attached hydrogen (secondary N) is 2. The Labute approximate surface area is 167 Å². The molecule has 6 nitrogen and oxygen atoms in total. The van der Waals surface area contributed by atoms with Gasteiger partial charge in [-0.1, -0.05) is 6.42 Å². The molecule has 2 saturated heterocycles. The minimum absolute atomic E-state index is 0.0335. The van der Waals surface area contributed by atoms with Crippen molar-refractivity contribution >= 4 is 33.0 Å². The van der Waals surface area contributed by atoms with Crippen molar-refractivity contribution in [1.29, 1.82) is 0 Å². The average Bonchev–Trinajstić information content (AvgIpc) is 3.14. The van der Waals surface area contributed by atoms with Gasteiger partial charge in [0.25, 0.3) is 0 Å². The molecule has 2 aliphatic rings. The van der Waals surface area contributed by atoms with Crippen molar-refractivity contribution in [2.24, 2.45) is 0 Å². The molecule has 1 aromatic rings. The van der Waals surface area contributed by atoms with Gasteiger partial charge in [0, 0.05) is 30.9 Å². The fourth-order valence-electron chi connectivity index (χ4n) is 3.89. The molecule has 0 amide bonds. The predicted octanol–water partition coefficient (Wildman–Crippen LogP) is 3.10. The Morgan fingerprint density at radius 1 is 1.15 bits per heavy atom. The molecule has 0 saturated carbocycles. The third kappa shape index (κ3) is 4.99. The lowest BCUT2D eigenvalue weighted by molar-refractivity contribution is 0.114. The van der Waals surface area contributed by atoms with Crippen LogP contribution in [0.25, 0.3) is 0 Å². The number of nitrogens with zero attached hydrogens (tertiary/aromatic N) is 1. The number of rotatable bonds is 5. The molecule has 3 atom stereocenters. The first-order valence-corrected chi connectivity index (χ1v) is 11.5. The maximum Gasteiger partial charge on any atom is 0.243 e. The van der Waals surface area contributed by atoms with Crippen LogP contribution in [0.3, 0.4) is 0 Å². The van der Waals surface area contributed by atoms with Crippen LogP contribution in [0.15, 0.2) is 29.2 Å². The molecular formula is C19H29N3O3S2. The molecular weight excluding hydrogens is 382 g/mol. The van der Waals surface area contributed by atoms with Gasteiger partial charge in [0.05, 0.1) is 11.0 Å². The molecule has 2 heterocycles. The monoisotopic (exact) mass is 411 g/mol. The highest BCUT2D eigenvalue weighted by atomic mass is 32.2. The number of thiocarbonyl (C=S) groups is 1. The van der Waals surface area contributed by atoms with E-state index < -0.39 is 10.0 Å². The molecule has 0 aliphatic carbocycles. The molecule has 2 aliphatic heterocycles. The Bertz CT molecular complexity index is 736. The first kappa shape index (κ1) is 20.5. The lowest BCUT2D eigenvalue weighted by Gasteiger charge is -2.37. The first-order chi connectivity index (χ1) is 12.9. The average molecular weight is 412 g/mol. The molecule has 150 valence electrons. The van der Waals surface area contributed by atoms with Crippen LogP contribution in [-0.4, -0.2) is 49.2 Å². The van der Waals surface area contributed by atoms with E-state index in [0.29, 0.717) is 16.6 Å². The Hall–Kier alpha value is -1.22. The molecule has 0 aromatic heterocycles. The molecule has 0 bridgehead atoms. The topological polar surface area (TPSA) is 70.7 Å². The lowest BCUT2D eigenvalue weighted by Crippen LogP contribution is -2.47. The minimum Gasteiger partial charge on any atom is -0.376 e. The summed E-state index contributed by atoms with van der Waals surface area (Å²) < 4.78 is 33.3. The van der Waals surface area contributed by atoms with E-state index in [4.69, 9.17) is 17.0 Å². The Morgan fingerprint density at radius 2 is 1.81 bits per heavy atom. The van der Waals surface area contributed by atoms with Crippen LogP contribution in [0.1, 0.15) is 46.0 Å².